The van der Waals surface area contributed by atoms with Crippen molar-refractivity contribution in [2.24, 2.45) is 0 Å². The third kappa shape index (κ3) is 2.12. The van der Waals surface area contributed by atoms with Crippen molar-refractivity contribution in [1.29, 1.82) is 0 Å². The number of oxazole rings is 1. The van der Waals surface area contributed by atoms with Crippen molar-refractivity contribution in [3.8, 4) is 11.5 Å². The maximum atomic E-state index is 6.01. The molecule has 0 amide bonds. The Bertz CT molecular complexity index is 777. The minimum Gasteiger partial charge on any atom is -0.436 e. The highest BCUT2D eigenvalue weighted by Crippen LogP contribution is 2.31. The first-order valence-corrected chi connectivity index (χ1v) is 6.77. The Kier molecular flexibility index (Phi) is 2.82. The van der Waals surface area contributed by atoms with Gasteiger partial charge in [0, 0.05) is 10.2 Å². The van der Waals surface area contributed by atoms with Crippen molar-refractivity contribution in [3.63, 3.8) is 0 Å². The normalized spacial score (nSPS) is 11.1. The van der Waals surface area contributed by atoms with Crippen LogP contribution < -0.4 is 5.73 Å². The van der Waals surface area contributed by atoms with E-state index in [4.69, 9.17) is 10.2 Å². The fourth-order valence-electron chi connectivity index (χ4n) is 2.22. The van der Waals surface area contributed by atoms with E-state index in [-0.39, 0.29) is 0 Å². The molecule has 0 spiro atoms. The average Bonchev–Trinajstić information content (AvgIpc) is 2.72. The van der Waals surface area contributed by atoms with Gasteiger partial charge in [-0.15, -0.1) is 0 Å². The lowest BCUT2D eigenvalue weighted by Gasteiger charge is -2.01. The molecule has 3 rings (SSSR count). The molecule has 2 N–H and O–H groups in total. The number of fused-ring (bicyclic) bond motifs is 1. The molecular weight excluding hydrogens is 304 g/mol. The molecule has 0 aliphatic carbocycles. The fourth-order valence-corrected chi connectivity index (χ4v) is 2.60. The number of halogens is 1. The topological polar surface area (TPSA) is 52.0 Å². The lowest BCUT2D eigenvalue weighted by Crippen LogP contribution is -1.89. The first-order valence-electron chi connectivity index (χ1n) is 5.98. The van der Waals surface area contributed by atoms with Crippen molar-refractivity contribution < 1.29 is 4.42 Å². The first kappa shape index (κ1) is 12.2. The molecule has 0 fully saturated rings. The van der Waals surface area contributed by atoms with E-state index in [0.29, 0.717) is 11.6 Å². The van der Waals surface area contributed by atoms with Gasteiger partial charge in [0.1, 0.15) is 5.52 Å². The summed E-state index contributed by atoms with van der Waals surface area (Å²) in [7, 11) is 0. The smallest absolute Gasteiger partial charge is 0.229 e. The molecule has 1 aromatic heterocycles. The molecule has 0 saturated heterocycles. The standard InChI is InChI=1S/C15H13BrN2O/c1-8-5-9(2)14-13(6-8)18-15(19-14)11-4-3-10(16)7-12(11)17/h3-7H,17H2,1-2H3. The molecule has 96 valence electrons. The third-order valence-corrected chi connectivity index (χ3v) is 3.56. The number of nitrogen functional groups attached to an aromatic ring is 1. The lowest BCUT2D eigenvalue weighted by atomic mass is 10.1. The minimum atomic E-state index is 0.564. The highest BCUT2D eigenvalue weighted by molar-refractivity contribution is 9.10. The molecule has 0 aliphatic rings. The van der Waals surface area contributed by atoms with Crippen LogP contribution in [0.2, 0.25) is 0 Å². The summed E-state index contributed by atoms with van der Waals surface area (Å²) in [5, 5.41) is 0. The Balaban J connectivity index is 2.23. The molecule has 0 unspecified atom stereocenters. The summed E-state index contributed by atoms with van der Waals surface area (Å²) in [6.45, 7) is 4.07. The van der Waals surface area contributed by atoms with Crippen molar-refractivity contribution in [2.45, 2.75) is 13.8 Å². The van der Waals surface area contributed by atoms with E-state index in [1.165, 1.54) is 5.56 Å². The summed E-state index contributed by atoms with van der Waals surface area (Å²) in [5.74, 6) is 0.564. The number of rotatable bonds is 1. The predicted molar refractivity (Wildman–Crippen MR) is 81.0 cm³/mol. The predicted octanol–water partition coefficient (Wildman–Crippen LogP) is 4.46. The molecule has 0 saturated carbocycles. The van der Waals surface area contributed by atoms with Gasteiger partial charge >= 0.3 is 0 Å². The molecule has 0 atom stereocenters. The zero-order valence-corrected chi connectivity index (χ0v) is 12.3. The number of nitrogens with zero attached hydrogens (tertiary/aromatic N) is 1. The van der Waals surface area contributed by atoms with Gasteiger partial charge in [0.25, 0.3) is 0 Å². The van der Waals surface area contributed by atoms with E-state index in [9.17, 15) is 0 Å². The summed E-state index contributed by atoms with van der Waals surface area (Å²) in [6.07, 6.45) is 0. The summed E-state index contributed by atoms with van der Waals surface area (Å²) in [6, 6.07) is 9.79. The Morgan fingerprint density at radius 1 is 1.16 bits per heavy atom. The second kappa shape index (κ2) is 4.38. The lowest BCUT2D eigenvalue weighted by molar-refractivity contribution is 0.617. The van der Waals surface area contributed by atoms with Crippen LogP contribution in [0.4, 0.5) is 5.69 Å². The van der Waals surface area contributed by atoms with Crippen LogP contribution in [0.3, 0.4) is 0 Å². The second-order valence-corrected chi connectivity index (χ2v) is 5.60. The van der Waals surface area contributed by atoms with E-state index in [2.05, 4.69) is 33.9 Å². The van der Waals surface area contributed by atoms with Crippen molar-refractivity contribution in [1.82, 2.24) is 4.98 Å². The first-order chi connectivity index (χ1) is 9.04. The molecule has 0 radical (unpaired) electrons. The monoisotopic (exact) mass is 316 g/mol. The van der Waals surface area contributed by atoms with Gasteiger partial charge in [0.05, 0.1) is 5.56 Å². The fraction of sp³-hybridized carbons (Fsp3) is 0.133. The molecule has 2 aromatic carbocycles. The van der Waals surface area contributed by atoms with Crippen LogP contribution >= 0.6 is 15.9 Å². The third-order valence-electron chi connectivity index (χ3n) is 3.06. The Morgan fingerprint density at radius 3 is 2.68 bits per heavy atom. The van der Waals surface area contributed by atoms with E-state index < -0.39 is 0 Å². The molecular formula is C15H13BrN2O. The largest absolute Gasteiger partial charge is 0.436 e. The van der Waals surface area contributed by atoms with Crippen LogP contribution in [0.15, 0.2) is 39.2 Å². The van der Waals surface area contributed by atoms with Gasteiger partial charge in [-0.2, -0.15) is 0 Å². The van der Waals surface area contributed by atoms with Crippen molar-refractivity contribution in [2.75, 3.05) is 5.73 Å². The van der Waals surface area contributed by atoms with E-state index >= 15 is 0 Å². The number of nitrogens with two attached hydrogens (primary N) is 1. The van der Waals surface area contributed by atoms with E-state index in [1.807, 2.05) is 31.2 Å². The zero-order valence-electron chi connectivity index (χ0n) is 10.7. The minimum absolute atomic E-state index is 0.564. The maximum absolute atomic E-state index is 6.01. The SMILES string of the molecule is Cc1cc(C)c2oc(-c3ccc(Br)cc3N)nc2c1. The van der Waals surface area contributed by atoms with Crippen molar-refractivity contribution >= 4 is 32.7 Å². The van der Waals surface area contributed by atoms with Gasteiger partial charge in [0.15, 0.2) is 5.58 Å². The number of benzene rings is 2. The molecule has 19 heavy (non-hydrogen) atoms. The van der Waals surface area contributed by atoms with E-state index in [0.717, 1.165) is 26.7 Å². The second-order valence-electron chi connectivity index (χ2n) is 4.68. The summed E-state index contributed by atoms with van der Waals surface area (Å²) >= 11 is 3.39. The van der Waals surface area contributed by atoms with Gasteiger partial charge in [0.2, 0.25) is 5.89 Å². The molecule has 3 nitrogen and oxygen atoms in total. The quantitative estimate of drug-likeness (QED) is 0.674. The van der Waals surface area contributed by atoms with Gasteiger partial charge in [-0.25, -0.2) is 4.98 Å². The highest BCUT2D eigenvalue weighted by atomic mass is 79.9. The van der Waals surface area contributed by atoms with Gasteiger partial charge in [-0.05, 0) is 49.2 Å². The molecule has 0 bridgehead atoms. The summed E-state index contributed by atoms with van der Waals surface area (Å²) < 4.78 is 6.80. The van der Waals surface area contributed by atoms with Crippen LogP contribution in [-0.2, 0) is 0 Å². The molecule has 3 aromatic rings. The number of aryl methyl sites for hydroxylation is 2. The Labute approximate surface area is 119 Å². The molecule has 4 heteroatoms. The summed E-state index contributed by atoms with van der Waals surface area (Å²) in [4.78, 5) is 4.53. The Morgan fingerprint density at radius 2 is 1.95 bits per heavy atom. The number of hydrogen-bond donors (Lipinski definition) is 1. The maximum Gasteiger partial charge on any atom is 0.229 e. The van der Waals surface area contributed by atoms with Crippen LogP contribution in [0.1, 0.15) is 11.1 Å². The number of aromatic nitrogens is 1. The average molecular weight is 317 g/mol. The van der Waals surface area contributed by atoms with Crippen LogP contribution in [0, 0.1) is 13.8 Å². The molecule has 0 aliphatic heterocycles. The van der Waals surface area contributed by atoms with Gasteiger partial charge in [-0.1, -0.05) is 22.0 Å². The van der Waals surface area contributed by atoms with Gasteiger partial charge < -0.3 is 10.2 Å². The van der Waals surface area contributed by atoms with Crippen molar-refractivity contribution in [3.05, 3.63) is 45.9 Å². The van der Waals surface area contributed by atoms with E-state index in [1.54, 1.807) is 0 Å². The highest BCUT2D eigenvalue weighted by Gasteiger charge is 2.13. The molecule has 1 heterocycles. The Hall–Kier alpha value is -1.81. The number of hydrogen-bond acceptors (Lipinski definition) is 3. The van der Waals surface area contributed by atoms with Crippen LogP contribution in [0.25, 0.3) is 22.6 Å². The summed E-state index contributed by atoms with van der Waals surface area (Å²) in [5.41, 5.74) is 11.4. The van der Waals surface area contributed by atoms with Crippen LogP contribution in [-0.4, -0.2) is 4.98 Å². The number of anilines is 1. The van der Waals surface area contributed by atoms with Crippen LogP contribution in [0.5, 0.6) is 0 Å². The van der Waals surface area contributed by atoms with Gasteiger partial charge in [-0.3, -0.25) is 0 Å². The zero-order chi connectivity index (χ0) is 13.6.